The molecule has 0 bridgehead atoms. The van der Waals surface area contributed by atoms with Gasteiger partial charge in [0.15, 0.2) is 0 Å². The summed E-state index contributed by atoms with van der Waals surface area (Å²) in [5.74, 6) is 1.54. The van der Waals surface area contributed by atoms with Gasteiger partial charge in [-0.05, 0) is 93.1 Å². The zero-order valence-corrected chi connectivity index (χ0v) is 29.3. The molecule has 0 radical (unpaired) electrons. The number of aromatic nitrogens is 2. The molecule has 4 aromatic rings. The highest BCUT2D eigenvalue weighted by Gasteiger charge is 2.52. The van der Waals surface area contributed by atoms with Crippen LogP contribution < -0.4 is 15.5 Å². The number of nitrogens with one attached hydrogen (secondary N) is 2. The largest absolute Gasteiger partial charge is 0.494 e. The molecule has 2 amide bonds. The number of carbonyl (C=O) groups is 2. The van der Waals surface area contributed by atoms with E-state index < -0.39 is 30.5 Å². The Hall–Kier alpha value is -4.09. The summed E-state index contributed by atoms with van der Waals surface area (Å²) in [6.07, 6.45) is 0.143. The molecule has 48 heavy (non-hydrogen) atoms. The fraction of sp³-hybridized carbons (Fsp3) is 0.486. The number of rotatable bonds is 5. The summed E-state index contributed by atoms with van der Waals surface area (Å²) in [6, 6.07) is 13.8. The topological polar surface area (TPSA) is 115 Å². The van der Waals surface area contributed by atoms with Crippen molar-refractivity contribution in [3.8, 4) is 16.9 Å². The van der Waals surface area contributed by atoms with Gasteiger partial charge in [-0.2, -0.15) is 0 Å². The standard InChI is InChI=1S/C37H45BN4O6/c1-19(2)31(41-35(44)45-9)34(43)42-21(4)20(3)14-29(42)33-39-28-13-10-22-16-27-25-12-11-24(38-47-36(5,6)37(7,8)48-38)15-23(25)18-46-30(27)17-26(22)32(28)40-33/h10-13,15-17,19-21,29,31H,14,18H2,1-9H3,(H,39,40)(H,41,44)/t20-,21-,29+,31+/m1/s1. The maximum atomic E-state index is 14.0. The molecule has 11 heteroatoms. The summed E-state index contributed by atoms with van der Waals surface area (Å²) < 4.78 is 23.8. The van der Waals surface area contributed by atoms with Gasteiger partial charge in [0, 0.05) is 17.0 Å². The summed E-state index contributed by atoms with van der Waals surface area (Å²) in [6.45, 7) is 16.8. The molecular weight excluding hydrogens is 607 g/mol. The number of alkyl carbamates (subject to hydrolysis) is 1. The predicted molar refractivity (Wildman–Crippen MR) is 186 cm³/mol. The van der Waals surface area contributed by atoms with Crippen molar-refractivity contribution in [3.63, 3.8) is 0 Å². The minimum absolute atomic E-state index is 0.0288. The molecule has 2 N–H and O–H groups in total. The molecule has 4 atom stereocenters. The van der Waals surface area contributed by atoms with Crippen molar-refractivity contribution in [2.75, 3.05) is 7.11 Å². The lowest BCUT2D eigenvalue weighted by atomic mass is 9.77. The number of ether oxygens (including phenoxy) is 2. The number of hydrogen-bond acceptors (Lipinski definition) is 7. The van der Waals surface area contributed by atoms with Crippen LogP contribution in [0.15, 0.2) is 42.5 Å². The van der Waals surface area contributed by atoms with Gasteiger partial charge in [-0.1, -0.05) is 45.0 Å². The van der Waals surface area contributed by atoms with E-state index in [0.717, 1.165) is 62.0 Å². The molecule has 252 valence electrons. The molecular formula is C37H45BN4O6. The first-order valence-electron chi connectivity index (χ1n) is 16.9. The van der Waals surface area contributed by atoms with Crippen molar-refractivity contribution in [2.45, 2.75) is 97.7 Å². The van der Waals surface area contributed by atoms with Crippen LogP contribution >= 0.6 is 0 Å². The van der Waals surface area contributed by atoms with Crippen molar-refractivity contribution in [1.82, 2.24) is 20.2 Å². The Labute approximate surface area is 282 Å². The van der Waals surface area contributed by atoms with Crippen LogP contribution in [-0.4, -0.2) is 64.4 Å². The van der Waals surface area contributed by atoms with Gasteiger partial charge in [0.1, 0.15) is 24.2 Å². The van der Waals surface area contributed by atoms with Crippen LogP contribution in [0, 0.1) is 11.8 Å². The highest BCUT2D eigenvalue weighted by molar-refractivity contribution is 6.62. The smallest absolute Gasteiger partial charge is 0.488 e. The van der Waals surface area contributed by atoms with Crippen molar-refractivity contribution in [3.05, 3.63) is 53.9 Å². The third kappa shape index (κ3) is 5.22. The SMILES string of the molecule is COC(=O)N[C@H](C(=O)N1[C@H](C)[C@H](C)C[C@H]1c1nc2c(ccc3cc4c(cc32)OCc2cc(B3OC(C)(C)C(C)(C)O3)ccc2-4)[nH]1)C(C)C. The van der Waals surface area contributed by atoms with Crippen LogP contribution in [0.25, 0.3) is 32.9 Å². The van der Waals surface area contributed by atoms with E-state index in [1.54, 1.807) is 0 Å². The Balaban J connectivity index is 1.22. The number of carbonyl (C=O) groups excluding carboxylic acids is 2. The molecule has 10 nitrogen and oxygen atoms in total. The number of H-pyrrole nitrogens is 1. The van der Waals surface area contributed by atoms with Gasteiger partial charge >= 0.3 is 13.2 Å². The van der Waals surface area contributed by atoms with Crippen LogP contribution in [0.5, 0.6) is 5.75 Å². The number of aromatic amines is 1. The van der Waals surface area contributed by atoms with Crippen LogP contribution in [0.3, 0.4) is 0 Å². The highest BCUT2D eigenvalue weighted by atomic mass is 16.7. The molecule has 1 aromatic heterocycles. The second kappa shape index (κ2) is 11.5. The fourth-order valence-corrected chi connectivity index (χ4v) is 7.29. The zero-order chi connectivity index (χ0) is 34.3. The minimum Gasteiger partial charge on any atom is -0.488 e. The Kier molecular flexibility index (Phi) is 7.79. The Morgan fingerprint density at radius 3 is 2.46 bits per heavy atom. The van der Waals surface area contributed by atoms with Gasteiger partial charge in [0.05, 0.1) is 35.4 Å². The van der Waals surface area contributed by atoms with E-state index >= 15 is 0 Å². The quantitative estimate of drug-likeness (QED) is 0.245. The van der Waals surface area contributed by atoms with Crippen molar-refractivity contribution in [2.24, 2.45) is 11.8 Å². The van der Waals surface area contributed by atoms with Crippen LogP contribution in [0.4, 0.5) is 4.79 Å². The molecule has 7 rings (SSSR count). The second-order valence-corrected chi connectivity index (χ2v) is 15.0. The van der Waals surface area contributed by atoms with E-state index in [0.29, 0.717) is 6.61 Å². The molecule has 2 fully saturated rings. The number of methoxy groups -OCH3 is 1. The predicted octanol–water partition coefficient (Wildman–Crippen LogP) is 6.25. The lowest BCUT2D eigenvalue weighted by Gasteiger charge is -2.33. The third-order valence-corrected chi connectivity index (χ3v) is 11.1. The van der Waals surface area contributed by atoms with Crippen molar-refractivity contribution >= 4 is 46.4 Å². The molecule has 0 aliphatic carbocycles. The van der Waals surface area contributed by atoms with Gasteiger partial charge in [0.2, 0.25) is 5.91 Å². The third-order valence-electron chi connectivity index (χ3n) is 11.1. The van der Waals surface area contributed by atoms with E-state index in [2.05, 4.69) is 94.3 Å². The van der Waals surface area contributed by atoms with Gasteiger partial charge in [-0.15, -0.1) is 0 Å². The van der Waals surface area contributed by atoms with Gasteiger partial charge in [-0.25, -0.2) is 9.78 Å². The van der Waals surface area contributed by atoms with E-state index in [1.165, 1.54) is 7.11 Å². The average molecular weight is 653 g/mol. The highest BCUT2D eigenvalue weighted by Crippen LogP contribution is 2.44. The van der Waals surface area contributed by atoms with Crippen LogP contribution in [0.2, 0.25) is 0 Å². The Morgan fingerprint density at radius 1 is 1.04 bits per heavy atom. The maximum absolute atomic E-state index is 14.0. The summed E-state index contributed by atoms with van der Waals surface area (Å²) in [5.41, 5.74) is 5.15. The summed E-state index contributed by atoms with van der Waals surface area (Å²) in [7, 11) is 0.872. The number of likely N-dealkylation sites (tertiary alicyclic amines) is 1. The average Bonchev–Trinajstić information content (AvgIpc) is 3.68. The molecule has 3 aliphatic heterocycles. The number of imidazole rings is 1. The number of amides is 2. The monoisotopic (exact) mass is 652 g/mol. The molecule has 0 unspecified atom stereocenters. The maximum Gasteiger partial charge on any atom is 0.494 e. The van der Waals surface area contributed by atoms with E-state index in [-0.39, 0.29) is 29.8 Å². The van der Waals surface area contributed by atoms with Crippen molar-refractivity contribution < 1.29 is 28.4 Å². The molecule has 0 spiro atoms. The summed E-state index contributed by atoms with van der Waals surface area (Å²) in [4.78, 5) is 36.7. The van der Waals surface area contributed by atoms with E-state index in [1.807, 2.05) is 18.7 Å². The van der Waals surface area contributed by atoms with Gasteiger partial charge < -0.3 is 34.0 Å². The molecule has 2 saturated heterocycles. The number of fused-ring (bicyclic) bond motifs is 6. The molecule has 3 aromatic carbocycles. The molecule has 3 aliphatic rings. The van der Waals surface area contributed by atoms with Crippen LogP contribution in [0.1, 0.15) is 79.2 Å². The molecule has 0 saturated carbocycles. The zero-order valence-electron chi connectivity index (χ0n) is 29.3. The second-order valence-electron chi connectivity index (χ2n) is 15.0. The van der Waals surface area contributed by atoms with Crippen LogP contribution in [-0.2, 0) is 25.4 Å². The summed E-state index contributed by atoms with van der Waals surface area (Å²) in [5, 5.41) is 4.78. The van der Waals surface area contributed by atoms with E-state index in [4.69, 9.17) is 23.8 Å². The molecule has 4 heterocycles. The fourth-order valence-electron chi connectivity index (χ4n) is 7.29. The lowest BCUT2D eigenvalue weighted by Crippen LogP contribution is -2.53. The normalized spacial score (nSPS) is 23.2. The Morgan fingerprint density at radius 2 is 1.77 bits per heavy atom. The van der Waals surface area contributed by atoms with Crippen molar-refractivity contribution in [1.29, 1.82) is 0 Å². The summed E-state index contributed by atoms with van der Waals surface area (Å²) >= 11 is 0. The van der Waals surface area contributed by atoms with Gasteiger partial charge in [-0.3, -0.25) is 4.79 Å². The number of nitrogens with zero attached hydrogens (tertiary/aromatic N) is 2. The first-order valence-corrected chi connectivity index (χ1v) is 16.9. The minimum atomic E-state index is -0.711. The van der Waals surface area contributed by atoms with E-state index in [9.17, 15) is 9.59 Å². The number of benzene rings is 3. The van der Waals surface area contributed by atoms with Gasteiger partial charge in [0.25, 0.3) is 0 Å². The first kappa shape index (κ1) is 32.5. The Bertz CT molecular complexity index is 1920. The number of hydrogen-bond donors (Lipinski definition) is 2. The lowest BCUT2D eigenvalue weighted by molar-refractivity contribution is -0.137. The first-order chi connectivity index (χ1) is 22.7.